The lowest BCUT2D eigenvalue weighted by atomic mass is 9.95. The Morgan fingerprint density at radius 2 is 1.90 bits per heavy atom. The Labute approximate surface area is 131 Å². The van der Waals surface area contributed by atoms with Gasteiger partial charge in [-0.05, 0) is 50.1 Å². The third-order valence-corrected chi connectivity index (χ3v) is 4.00. The molecule has 0 heterocycles. The third kappa shape index (κ3) is 3.84. The van der Waals surface area contributed by atoms with Crippen LogP contribution in [0.25, 0.3) is 0 Å². The Hall–Kier alpha value is -1.38. The molecule has 2 aromatic carbocycles. The van der Waals surface area contributed by atoms with E-state index >= 15 is 0 Å². The van der Waals surface area contributed by atoms with Crippen LogP contribution >= 0.6 is 11.6 Å². The van der Waals surface area contributed by atoms with E-state index in [1.807, 2.05) is 38.1 Å². The molecule has 0 amide bonds. The van der Waals surface area contributed by atoms with Gasteiger partial charge in [0, 0.05) is 10.6 Å². The standard InChI is InChI=1S/C18H21ClFN/c1-4-9-21-18(14-6-7-16(19)13(3)11-14)15-10-12(2)5-8-17(15)20/h5-8,10-11,18,21H,4,9H2,1-3H3. The highest BCUT2D eigenvalue weighted by Crippen LogP contribution is 2.28. The predicted molar refractivity (Wildman–Crippen MR) is 87.5 cm³/mol. The zero-order chi connectivity index (χ0) is 15.4. The molecule has 21 heavy (non-hydrogen) atoms. The second-order valence-corrected chi connectivity index (χ2v) is 5.83. The van der Waals surface area contributed by atoms with Gasteiger partial charge in [0.05, 0.1) is 6.04 Å². The van der Waals surface area contributed by atoms with E-state index in [-0.39, 0.29) is 11.9 Å². The lowest BCUT2D eigenvalue weighted by molar-refractivity contribution is 0.546. The molecule has 0 saturated carbocycles. The van der Waals surface area contributed by atoms with Gasteiger partial charge in [0.15, 0.2) is 0 Å². The highest BCUT2D eigenvalue weighted by molar-refractivity contribution is 6.31. The molecule has 1 nitrogen and oxygen atoms in total. The van der Waals surface area contributed by atoms with Crippen molar-refractivity contribution in [3.05, 3.63) is 69.5 Å². The number of rotatable bonds is 5. The van der Waals surface area contributed by atoms with E-state index < -0.39 is 0 Å². The Morgan fingerprint density at radius 1 is 1.14 bits per heavy atom. The molecule has 1 unspecified atom stereocenters. The van der Waals surface area contributed by atoms with Crippen LogP contribution in [0.1, 0.15) is 41.6 Å². The molecule has 2 rings (SSSR count). The van der Waals surface area contributed by atoms with Gasteiger partial charge in [-0.15, -0.1) is 0 Å². The van der Waals surface area contributed by atoms with Crippen molar-refractivity contribution in [2.75, 3.05) is 6.54 Å². The number of benzene rings is 2. The zero-order valence-electron chi connectivity index (χ0n) is 12.7. The van der Waals surface area contributed by atoms with Gasteiger partial charge >= 0.3 is 0 Å². The highest BCUT2D eigenvalue weighted by atomic mass is 35.5. The topological polar surface area (TPSA) is 12.0 Å². The Kier molecular flexibility index (Phi) is 5.38. The van der Waals surface area contributed by atoms with Crippen LogP contribution in [0.3, 0.4) is 0 Å². The minimum absolute atomic E-state index is 0.152. The van der Waals surface area contributed by atoms with Crippen LogP contribution in [0, 0.1) is 19.7 Å². The van der Waals surface area contributed by atoms with Crippen LogP contribution in [0.2, 0.25) is 5.02 Å². The molecule has 1 N–H and O–H groups in total. The van der Waals surface area contributed by atoms with Crippen LogP contribution in [0.15, 0.2) is 36.4 Å². The molecule has 3 heteroatoms. The molecule has 0 radical (unpaired) electrons. The average Bonchev–Trinajstić information content (AvgIpc) is 2.46. The van der Waals surface area contributed by atoms with E-state index in [0.717, 1.165) is 34.7 Å². The van der Waals surface area contributed by atoms with Gasteiger partial charge in [-0.1, -0.05) is 48.4 Å². The second-order valence-electron chi connectivity index (χ2n) is 5.42. The number of nitrogens with one attached hydrogen (secondary N) is 1. The molecule has 2 aromatic rings. The summed E-state index contributed by atoms with van der Waals surface area (Å²) in [6.07, 6.45) is 0.997. The van der Waals surface area contributed by atoms with Gasteiger partial charge in [-0.2, -0.15) is 0 Å². The summed E-state index contributed by atoms with van der Waals surface area (Å²) in [5.74, 6) is -0.179. The monoisotopic (exact) mass is 305 g/mol. The second kappa shape index (κ2) is 7.06. The molecule has 0 aromatic heterocycles. The molecule has 1 atom stereocenters. The summed E-state index contributed by atoms with van der Waals surface area (Å²) in [6.45, 7) is 6.88. The van der Waals surface area contributed by atoms with Crippen LogP contribution in [-0.2, 0) is 0 Å². The average molecular weight is 306 g/mol. The third-order valence-electron chi connectivity index (χ3n) is 3.58. The molecule has 0 aliphatic heterocycles. The lowest BCUT2D eigenvalue weighted by Crippen LogP contribution is -2.24. The summed E-state index contributed by atoms with van der Waals surface area (Å²) in [6, 6.07) is 11.0. The van der Waals surface area contributed by atoms with E-state index in [4.69, 9.17) is 11.6 Å². The minimum atomic E-state index is -0.179. The Balaban J connectivity index is 2.46. The molecule has 0 aliphatic carbocycles. The van der Waals surface area contributed by atoms with Gasteiger partial charge in [0.2, 0.25) is 0 Å². The van der Waals surface area contributed by atoms with Gasteiger partial charge < -0.3 is 5.32 Å². The van der Waals surface area contributed by atoms with Crippen molar-refractivity contribution in [1.29, 1.82) is 0 Å². The van der Waals surface area contributed by atoms with E-state index in [2.05, 4.69) is 12.2 Å². The highest BCUT2D eigenvalue weighted by Gasteiger charge is 2.18. The first-order valence-electron chi connectivity index (χ1n) is 7.28. The van der Waals surface area contributed by atoms with Crippen molar-refractivity contribution < 1.29 is 4.39 Å². The maximum absolute atomic E-state index is 14.2. The normalized spacial score (nSPS) is 12.4. The van der Waals surface area contributed by atoms with E-state index in [9.17, 15) is 4.39 Å². The van der Waals surface area contributed by atoms with Crippen LogP contribution < -0.4 is 5.32 Å². The van der Waals surface area contributed by atoms with Crippen molar-refractivity contribution in [2.24, 2.45) is 0 Å². The fourth-order valence-corrected chi connectivity index (χ4v) is 2.55. The first-order valence-corrected chi connectivity index (χ1v) is 7.66. The number of halogens is 2. The smallest absolute Gasteiger partial charge is 0.128 e. The Morgan fingerprint density at radius 3 is 2.57 bits per heavy atom. The van der Waals surface area contributed by atoms with Crippen molar-refractivity contribution in [3.63, 3.8) is 0 Å². The van der Waals surface area contributed by atoms with Gasteiger partial charge in [-0.25, -0.2) is 4.39 Å². The minimum Gasteiger partial charge on any atom is -0.306 e. The summed E-state index contributed by atoms with van der Waals surface area (Å²) < 4.78 is 14.2. The molecule has 0 bridgehead atoms. The summed E-state index contributed by atoms with van der Waals surface area (Å²) in [4.78, 5) is 0. The zero-order valence-corrected chi connectivity index (χ0v) is 13.5. The number of aryl methyl sites for hydroxylation is 2. The van der Waals surface area contributed by atoms with Gasteiger partial charge in [0.25, 0.3) is 0 Å². The summed E-state index contributed by atoms with van der Waals surface area (Å²) in [7, 11) is 0. The van der Waals surface area contributed by atoms with Crippen molar-refractivity contribution >= 4 is 11.6 Å². The molecular weight excluding hydrogens is 285 g/mol. The summed E-state index contributed by atoms with van der Waals surface area (Å²) in [5, 5.41) is 4.17. The quantitative estimate of drug-likeness (QED) is 0.802. The van der Waals surface area contributed by atoms with Gasteiger partial charge in [-0.3, -0.25) is 0 Å². The van der Waals surface area contributed by atoms with E-state index in [1.54, 1.807) is 6.07 Å². The number of hydrogen-bond donors (Lipinski definition) is 1. The molecular formula is C18H21ClFN. The largest absolute Gasteiger partial charge is 0.306 e. The lowest BCUT2D eigenvalue weighted by Gasteiger charge is -2.21. The summed E-state index contributed by atoms with van der Waals surface area (Å²) in [5.41, 5.74) is 3.78. The SMILES string of the molecule is CCCNC(c1ccc(Cl)c(C)c1)c1cc(C)ccc1F. The Bertz CT molecular complexity index is 625. The van der Waals surface area contributed by atoms with E-state index in [0.29, 0.717) is 5.56 Å². The van der Waals surface area contributed by atoms with Crippen molar-refractivity contribution in [2.45, 2.75) is 33.2 Å². The summed E-state index contributed by atoms with van der Waals surface area (Å²) >= 11 is 6.10. The molecule has 112 valence electrons. The van der Waals surface area contributed by atoms with Crippen LogP contribution in [-0.4, -0.2) is 6.54 Å². The molecule has 0 spiro atoms. The maximum Gasteiger partial charge on any atom is 0.128 e. The van der Waals surface area contributed by atoms with Crippen LogP contribution in [0.4, 0.5) is 4.39 Å². The van der Waals surface area contributed by atoms with Crippen LogP contribution in [0.5, 0.6) is 0 Å². The fourth-order valence-electron chi connectivity index (χ4n) is 2.43. The van der Waals surface area contributed by atoms with Crippen molar-refractivity contribution in [3.8, 4) is 0 Å². The first kappa shape index (κ1) is 16.0. The fraction of sp³-hybridized carbons (Fsp3) is 0.333. The van der Waals surface area contributed by atoms with Crippen molar-refractivity contribution in [1.82, 2.24) is 5.32 Å². The number of hydrogen-bond acceptors (Lipinski definition) is 1. The van der Waals surface area contributed by atoms with E-state index in [1.165, 1.54) is 6.07 Å². The predicted octanol–water partition coefficient (Wildman–Crippen LogP) is 5.18. The maximum atomic E-state index is 14.2. The molecule has 0 fully saturated rings. The first-order chi connectivity index (χ1) is 10.0. The molecule has 0 aliphatic rings. The van der Waals surface area contributed by atoms with Gasteiger partial charge in [0.1, 0.15) is 5.82 Å². The molecule has 0 saturated heterocycles.